The maximum atomic E-state index is 12.3. The molecule has 0 radical (unpaired) electrons. The Bertz CT molecular complexity index is 667. The number of benzene rings is 1. The zero-order valence-electron chi connectivity index (χ0n) is 9.60. The molecule has 6 heteroatoms. The molecule has 0 spiro atoms. The number of carbonyl (C=O) groups excluding carboxylic acids is 2. The summed E-state index contributed by atoms with van der Waals surface area (Å²) in [7, 11) is 0. The number of carbonyl (C=O) groups is 2. The van der Waals surface area contributed by atoms with Gasteiger partial charge < -0.3 is 10.1 Å². The van der Waals surface area contributed by atoms with Crippen LogP contribution in [0.5, 0.6) is 5.75 Å². The number of nitrogens with one attached hydrogen (secondary N) is 1. The van der Waals surface area contributed by atoms with Crippen molar-refractivity contribution in [1.29, 1.82) is 0 Å². The van der Waals surface area contributed by atoms with Gasteiger partial charge in [0, 0.05) is 16.5 Å². The largest absolute Gasteiger partial charge is 0.482 e. The smallest absolute Gasteiger partial charge is 0.262 e. The Labute approximate surface area is 118 Å². The number of hydrogen-bond donors (Lipinski definition) is 1. The lowest BCUT2D eigenvalue weighted by atomic mass is 10.0. The lowest BCUT2D eigenvalue weighted by Crippen LogP contribution is -2.25. The van der Waals surface area contributed by atoms with Crippen molar-refractivity contribution in [1.82, 2.24) is 0 Å². The third-order valence-electron chi connectivity index (χ3n) is 2.73. The summed E-state index contributed by atoms with van der Waals surface area (Å²) >= 11 is 7.54. The number of amides is 1. The Morgan fingerprint density at radius 3 is 3.00 bits per heavy atom. The van der Waals surface area contributed by atoms with Crippen molar-refractivity contribution < 1.29 is 14.3 Å². The number of hydrogen-bond acceptors (Lipinski definition) is 4. The minimum atomic E-state index is -0.236. The standard InChI is InChI=1S/C13H8ClNO3S/c14-9-4-10-11(18-5-12(16)15-10)3-8(9)13(17)7-1-2-19-6-7/h1-4,6H,5H2,(H,15,16). The van der Waals surface area contributed by atoms with Crippen molar-refractivity contribution in [3.63, 3.8) is 0 Å². The van der Waals surface area contributed by atoms with Crippen LogP contribution in [0.2, 0.25) is 5.02 Å². The first-order valence-electron chi connectivity index (χ1n) is 5.48. The number of halogens is 1. The summed E-state index contributed by atoms with van der Waals surface area (Å²) in [5.41, 5.74) is 1.45. The second-order valence-corrected chi connectivity index (χ2v) is 5.19. The predicted molar refractivity (Wildman–Crippen MR) is 73.3 cm³/mol. The summed E-state index contributed by atoms with van der Waals surface area (Å²) in [5, 5.41) is 6.53. The van der Waals surface area contributed by atoms with Crippen LogP contribution in [-0.2, 0) is 4.79 Å². The van der Waals surface area contributed by atoms with E-state index in [0.29, 0.717) is 27.6 Å². The minimum Gasteiger partial charge on any atom is -0.482 e. The van der Waals surface area contributed by atoms with Crippen molar-refractivity contribution in [3.8, 4) is 5.75 Å². The molecule has 1 amide bonds. The highest BCUT2D eigenvalue weighted by Crippen LogP contribution is 2.34. The SMILES string of the molecule is O=C1COc2cc(C(=O)c3ccsc3)c(Cl)cc2N1. The summed E-state index contributed by atoms with van der Waals surface area (Å²) in [5.74, 6) is 0.0672. The maximum Gasteiger partial charge on any atom is 0.262 e. The number of rotatable bonds is 2. The lowest BCUT2D eigenvalue weighted by Gasteiger charge is -2.19. The van der Waals surface area contributed by atoms with Crippen molar-refractivity contribution in [3.05, 3.63) is 45.1 Å². The maximum absolute atomic E-state index is 12.3. The molecular formula is C13H8ClNO3S. The predicted octanol–water partition coefficient (Wildman–Crippen LogP) is 2.96. The van der Waals surface area contributed by atoms with Gasteiger partial charge in [-0.3, -0.25) is 9.59 Å². The molecule has 0 fully saturated rings. The quantitative estimate of drug-likeness (QED) is 0.866. The number of ketones is 1. The molecule has 96 valence electrons. The van der Waals surface area contributed by atoms with E-state index in [2.05, 4.69) is 5.32 Å². The van der Waals surface area contributed by atoms with Gasteiger partial charge in [0.05, 0.1) is 10.7 Å². The number of thiophene rings is 1. The number of fused-ring (bicyclic) bond motifs is 1. The van der Waals surface area contributed by atoms with E-state index in [0.717, 1.165) is 0 Å². The monoisotopic (exact) mass is 293 g/mol. The molecule has 1 aromatic heterocycles. The van der Waals surface area contributed by atoms with Gasteiger partial charge in [-0.25, -0.2) is 0 Å². The van der Waals surface area contributed by atoms with Crippen LogP contribution in [0.25, 0.3) is 0 Å². The number of anilines is 1. The van der Waals surface area contributed by atoms with Crippen molar-refractivity contribution in [2.75, 3.05) is 11.9 Å². The first-order chi connectivity index (χ1) is 9.15. The fourth-order valence-electron chi connectivity index (χ4n) is 1.82. The molecule has 0 saturated carbocycles. The van der Waals surface area contributed by atoms with Crippen molar-refractivity contribution in [2.24, 2.45) is 0 Å². The molecule has 1 aliphatic heterocycles. The molecule has 1 aromatic carbocycles. The van der Waals surface area contributed by atoms with Gasteiger partial charge in [-0.15, -0.1) is 0 Å². The summed E-state index contributed by atoms with van der Waals surface area (Å²) in [6, 6.07) is 4.84. The van der Waals surface area contributed by atoms with E-state index < -0.39 is 0 Å². The zero-order valence-corrected chi connectivity index (χ0v) is 11.2. The molecule has 0 atom stereocenters. The molecule has 0 unspecified atom stereocenters. The van der Waals surface area contributed by atoms with E-state index in [1.807, 2.05) is 5.38 Å². The van der Waals surface area contributed by atoms with Gasteiger partial charge in [-0.1, -0.05) is 11.6 Å². The van der Waals surface area contributed by atoms with Gasteiger partial charge in [0.2, 0.25) is 0 Å². The molecule has 0 bridgehead atoms. The van der Waals surface area contributed by atoms with Crippen LogP contribution in [0.15, 0.2) is 29.0 Å². The van der Waals surface area contributed by atoms with Crippen LogP contribution >= 0.6 is 22.9 Å². The molecular weight excluding hydrogens is 286 g/mol. The van der Waals surface area contributed by atoms with Gasteiger partial charge >= 0.3 is 0 Å². The highest BCUT2D eigenvalue weighted by Gasteiger charge is 2.21. The van der Waals surface area contributed by atoms with Gasteiger partial charge in [0.25, 0.3) is 5.91 Å². The summed E-state index contributed by atoms with van der Waals surface area (Å²) in [6.45, 7) is -0.0548. The second kappa shape index (κ2) is 4.68. The molecule has 2 heterocycles. The first kappa shape index (κ1) is 12.2. The molecule has 19 heavy (non-hydrogen) atoms. The Balaban J connectivity index is 2.04. The second-order valence-electron chi connectivity index (χ2n) is 4.01. The first-order valence-corrected chi connectivity index (χ1v) is 6.80. The summed E-state index contributed by atoms with van der Waals surface area (Å²) in [4.78, 5) is 23.5. The Kier molecular flexibility index (Phi) is 3.00. The van der Waals surface area contributed by atoms with Gasteiger partial charge in [-0.2, -0.15) is 11.3 Å². The molecule has 4 nitrogen and oxygen atoms in total. The highest BCUT2D eigenvalue weighted by molar-refractivity contribution is 7.08. The number of ether oxygens (including phenoxy) is 1. The third kappa shape index (κ3) is 2.22. The highest BCUT2D eigenvalue weighted by atomic mass is 35.5. The molecule has 3 rings (SSSR count). The third-order valence-corrected chi connectivity index (χ3v) is 3.73. The Hall–Kier alpha value is -1.85. The molecule has 0 saturated heterocycles. The van der Waals surface area contributed by atoms with E-state index >= 15 is 0 Å². The molecule has 1 aliphatic rings. The van der Waals surface area contributed by atoms with Crippen molar-refractivity contribution in [2.45, 2.75) is 0 Å². The zero-order chi connectivity index (χ0) is 13.4. The lowest BCUT2D eigenvalue weighted by molar-refractivity contribution is -0.118. The van der Waals surface area contributed by atoms with Crippen LogP contribution in [0.4, 0.5) is 5.69 Å². The van der Waals surface area contributed by atoms with Crippen LogP contribution in [0.3, 0.4) is 0 Å². The van der Waals surface area contributed by atoms with Crippen LogP contribution in [-0.4, -0.2) is 18.3 Å². The Morgan fingerprint density at radius 2 is 2.26 bits per heavy atom. The van der Waals surface area contributed by atoms with E-state index in [-0.39, 0.29) is 18.3 Å². The van der Waals surface area contributed by atoms with E-state index in [1.165, 1.54) is 17.4 Å². The van der Waals surface area contributed by atoms with E-state index in [9.17, 15) is 9.59 Å². The molecule has 2 aromatic rings. The minimum absolute atomic E-state index is 0.0548. The van der Waals surface area contributed by atoms with E-state index in [4.69, 9.17) is 16.3 Å². The Morgan fingerprint density at radius 1 is 1.42 bits per heavy atom. The van der Waals surface area contributed by atoms with Gasteiger partial charge in [-0.05, 0) is 23.6 Å². The normalized spacial score (nSPS) is 13.4. The van der Waals surface area contributed by atoms with Crippen LogP contribution in [0, 0.1) is 0 Å². The summed E-state index contributed by atoms with van der Waals surface area (Å²) < 4.78 is 5.28. The summed E-state index contributed by atoms with van der Waals surface area (Å²) in [6.07, 6.45) is 0. The topological polar surface area (TPSA) is 55.4 Å². The molecule has 0 aliphatic carbocycles. The van der Waals surface area contributed by atoms with E-state index in [1.54, 1.807) is 17.5 Å². The van der Waals surface area contributed by atoms with Crippen LogP contribution in [0.1, 0.15) is 15.9 Å². The average Bonchev–Trinajstić information content (AvgIpc) is 2.91. The van der Waals surface area contributed by atoms with Gasteiger partial charge in [0.15, 0.2) is 12.4 Å². The average molecular weight is 294 g/mol. The molecule has 1 N–H and O–H groups in total. The van der Waals surface area contributed by atoms with Crippen molar-refractivity contribution >= 4 is 40.3 Å². The van der Waals surface area contributed by atoms with Gasteiger partial charge in [0.1, 0.15) is 5.75 Å². The fourth-order valence-corrected chi connectivity index (χ4v) is 2.71. The fraction of sp³-hybridized carbons (Fsp3) is 0.0769. The van der Waals surface area contributed by atoms with Crippen LogP contribution < -0.4 is 10.1 Å².